The molecule has 1 aromatic carbocycles. The summed E-state index contributed by atoms with van der Waals surface area (Å²) in [5, 5.41) is 3.44. The van der Waals surface area contributed by atoms with Gasteiger partial charge in [-0.05, 0) is 43.9 Å². The molecule has 1 aliphatic carbocycles. The normalized spacial score (nSPS) is 25.7. The van der Waals surface area contributed by atoms with Gasteiger partial charge >= 0.3 is 0 Å². The average molecular weight is 268 g/mol. The zero-order chi connectivity index (χ0) is 10.7. The summed E-state index contributed by atoms with van der Waals surface area (Å²) in [6.07, 6.45) is 5.28. The van der Waals surface area contributed by atoms with Gasteiger partial charge in [-0.25, -0.2) is 0 Å². The van der Waals surface area contributed by atoms with Crippen molar-refractivity contribution in [2.75, 3.05) is 7.05 Å². The summed E-state index contributed by atoms with van der Waals surface area (Å²) in [6, 6.07) is 9.30. The smallest absolute Gasteiger partial charge is 0.0207 e. The molecule has 0 heterocycles. The van der Waals surface area contributed by atoms with Gasteiger partial charge in [0.1, 0.15) is 0 Å². The molecule has 0 aromatic heterocycles. The van der Waals surface area contributed by atoms with E-state index in [0.717, 1.165) is 12.0 Å². The Kier molecular flexibility index (Phi) is 3.81. The van der Waals surface area contributed by atoms with Gasteiger partial charge in [0.15, 0.2) is 0 Å². The van der Waals surface area contributed by atoms with Crippen LogP contribution >= 0.6 is 15.9 Å². The van der Waals surface area contributed by atoms with Crippen molar-refractivity contribution in [3.05, 3.63) is 34.3 Å². The first-order valence-corrected chi connectivity index (χ1v) is 6.51. The van der Waals surface area contributed by atoms with Crippen molar-refractivity contribution >= 4 is 15.9 Å². The van der Waals surface area contributed by atoms with E-state index < -0.39 is 0 Å². The highest BCUT2D eigenvalue weighted by Gasteiger charge is 2.26. The van der Waals surface area contributed by atoms with Gasteiger partial charge in [-0.2, -0.15) is 0 Å². The van der Waals surface area contributed by atoms with Crippen LogP contribution in [-0.2, 0) is 6.42 Å². The van der Waals surface area contributed by atoms with E-state index in [0.29, 0.717) is 0 Å². The highest BCUT2D eigenvalue weighted by molar-refractivity contribution is 9.10. The molecule has 1 N–H and O–H groups in total. The maximum absolute atomic E-state index is 3.62. The Morgan fingerprint density at radius 3 is 2.87 bits per heavy atom. The minimum absolute atomic E-state index is 0.720. The third kappa shape index (κ3) is 2.61. The Bertz CT molecular complexity index is 324. The van der Waals surface area contributed by atoms with Crippen molar-refractivity contribution in [1.82, 2.24) is 5.32 Å². The predicted octanol–water partition coefficient (Wildman–Crippen LogP) is 3.38. The molecule has 1 saturated carbocycles. The number of halogens is 1. The summed E-state index contributed by atoms with van der Waals surface area (Å²) in [4.78, 5) is 0. The largest absolute Gasteiger partial charge is 0.317 e. The van der Waals surface area contributed by atoms with Crippen LogP contribution in [-0.4, -0.2) is 13.1 Å². The van der Waals surface area contributed by atoms with Gasteiger partial charge in [-0.1, -0.05) is 40.5 Å². The fourth-order valence-corrected chi connectivity index (χ4v) is 3.05. The third-order valence-corrected chi connectivity index (χ3v) is 4.24. The van der Waals surface area contributed by atoms with E-state index in [2.05, 4.69) is 52.6 Å². The third-order valence-electron chi connectivity index (χ3n) is 3.47. The van der Waals surface area contributed by atoms with Crippen LogP contribution in [0.1, 0.15) is 24.8 Å². The summed E-state index contributed by atoms with van der Waals surface area (Å²) >= 11 is 3.62. The molecule has 15 heavy (non-hydrogen) atoms. The lowest BCUT2D eigenvalue weighted by Gasteiger charge is -2.19. The van der Waals surface area contributed by atoms with Crippen LogP contribution in [0.3, 0.4) is 0 Å². The molecule has 82 valence electrons. The highest BCUT2D eigenvalue weighted by atomic mass is 79.9. The Hall–Kier alpha value is -0.340. The lowest BCUT2D eigenvalue weighted by Crippen LogP contribution is -2.30. The molecule has 2 rings (SSSR count). The zero-order valence-corrected chi connectivity index (χ0v) is 10.8. The molecule has 1 fully saturated rings. The van der Waals surface area contributed by atoms with E-state index in [4.69, 9.17) is 0 Å². The SMILES string of the molecule is CNC1CCCC1Cc1ccccc1Br. The number of benzene rings is 1. The number of rotatable bonds is 3. The van der Waals surface area contributed by atoms with Gasteiger partial charge in [-0.15, -0.1) is 0 Å². The van der Waals surface area contributed by atoms with Crippen LogP contribution in [0, 0.1) is 5.92 Å². The van der Waals surface area contributed by atoms with Crippen LogP contribution in [0.5, 0.6) is 0 Å². The maximum Gasteiger partial charge on any atom is 0.0207 e. The molecule has 1 nitrogen and oxygen atoms in total. The lowest BCUT2D eigenvalue weighted by atomic mass is 9.95. The summed E-state index contributed by atoms with van der Waals surface area (Å²) in [7, 11) is 2.09. The summed E-state index contributed by atoms with van der Waals surface area (Å²) in [5.74, 6) is 0.814. The van der Waals surface area contributed by atoms with Crippen molar-refractivity contribution < 1.29 is 0 Å². The fraction of sp³-hybridized carbons (Fsp3) is 0.538. The number of hydrogen-bond donors (Lipinski definition) is 1. The van der Waals surface area contributed by atoms with Crippen molar-refractivity contribution in [2.45, 2.75) is 31.7 Å². The van der Waals surface area contributed by atoms with Crippen LogP contribution in [0.25, 0.3) is 0 Å². The first-order chi connectivity index (χ1) is 7.31. The number of nitrogens with one attached hydrogen (secondary N) is 1. The Morgan fingerprint density at radius 2 is 2.13 bits per heavy atom. The van der Waals surface area contributed by atoms with Gasteiger partial charge in [0.25, 0.3) is 0 Å². The quantitative estimate of drug-likeness (QED) is 0.886. The minimum atomic E-state index is 0.720. The molecule has 1 aliphatic rings. The van der Waals surface area contributed by atoms with Gasteiger partial charge in [0, 0.05) is 10.5 Å². The molecule has 0 bridgehead atoms. The minimum Gasteiger partial charge on any atom is -0.317 e. The van der Waals surface area contributed by atoms with E-state index in [1.54, 1.807) is 0 Å². The zero-order valence-electron chi connectivity index (χ0n) is 9.17. The average Bonchev–Trinajstić information content (AvgIpc) is 2.69. The molecule has 0 saturated heterocycles. The molecular formula is C13H18BrN. The molecule has 0 aliphatic heterocycles. The standard InChI is InChI=1S/C13H18BrN/c1-15-13-8-4-6-11(13)9-10-5-2-3-7-12(10)14/h2-3,5,7,11,13,15H,4,6,8-9H2,1H3. The van der Waals surface area contributed by atoms with Crippen molar-refractivity contribution in [3.63, 3.8) is 0 Å². The molecule has 0 radical (unpaired) electrons. The van der Waals surface area contributed by atoms with Crippen molar-refractivity contribution in [1.29, 1.82) is 0 Å². The summed E-state index contributed by atoms with van der Waals surface area (Å²) in [5.41, 5.74) is 1.45. The Labute approximate surface area is 100 Å². The van der Waals surface area contributed by atoms with Crippen LogP contribution in [0.2, 0.25) is 0 Å². The molecule has 2 unspecified atom stereocenters. The van der Waals surface area contributed by atoms with Crippen LogP contribution in [0.15, 0.2) is 28.7 Å². The van der Waals surface area contributed by atoms with Gasteiger partial charge in [0.2, 0.25) is 0 Å². The second-order valence-electron chi connectivity index (χ2n) is 4.38. The van der Waals surface area contributed by atoms with E-state index in [1.165, 1.54) is 35.7 Å². The molecule has 1 aromatic rings. The predicted molar refractivity (Wildman–Crippen MR) is 68.0 cm³/mol. The second kappa shape index (κ2) is 5.13. The maximum atomic E-state index is 3.62. The van der Waals surface area contributed by atoms with Crippen molar-refractivity contribution in [2.24, 2.45) is 5.92 Å². The Balaban J connectivity index is 2.05. The van der Waals surface area contributed by atoms with E-state index >= 15 is 0 Å². The van der Waals surface area contributed by atoms with Crippen LogP contribution in [0.4, 0.5) is 0 Å². The van der Waals surface area contributed by atoms with E-state index in [-0.39, 0.29) is 0 Å². The molecule has 2 atom stereocenters. The summed E-state index contributed by atoms with van der Waals surface area (Å²) < 4.78 is 1.26. The monoisotopic (exact) mass is 267 g/mol. The lowest BCUT2D eigenvalue weighted by molar-refractivity contribution is 0.423. The Morgan fingerprint density at radius 1 is 1.33 bits per heavy atom. The van der Waals surface area contributed by atoms with Gasteiger partial charge in [-0.3, -0.25) is 0 Å². The van der Waals surface area contributed by atoms with Gasteiger partial charge in [0.05, 0.1) is 0 Å². The molecule has 0 amide bonds. The van der Waals surface area contributed by atoms with E-state index in [1.807, 2.05) is 0 Å². The highest BCUT2D eigenvalue weighted by Crippen LogP contribution is 2.30. The molecule has 0 spiro atoms. The van der Waals surface area contributed by atoms with E-state index in [9.17, 15) is 0 Å². The first-order valence-electron chi connectivity index (χ1n) is 5.72. The second-order valence-corrected chi connectivity index (χ2v) is 5.24. The topological polar surface area (TPSA) is 12.0 Å². The summed E-state index contributed by atoms with van der Waals surface area (Å²) in [6.45, 7) is 0. The first kappa shape index (κ1) is 11.2. The van der Waals surface area contributed by atoms with Gasteiger partial charge < -0.3 is 5.32 Å². The van der Waals surface area contributed by atoms with Crippen LogP contribution < -0.4 is 5.32 Å². The van der Waals surface area contributed by atoms with Crippen molar-refractivity contribution in [3.8, 4) is 0 Å². The molecular weight excluding hydrogens is 250 g/mol. The number of hydrogen-bond acceptors (Lipinski definition) is 1. The fourth-order valence-electron chi connectivity index (χ4n) is 2.61. The molecule has 2 heteroatoms.